The molecule has 180 valence electrons. The van der Waals surface area contributed by atoms with Crippen LogP contribution in [0.5, 0.6) is 5.75 Å². The van der Waals surface area contributed by atoms with E-state index in [9.17, 15) is 31.2 Å². The molecule has 3 atom stereocenters. The number of carbonyl (C=O) groups is 2. The number of alkyl halides is 3. The SMILES string of the molecule is CC1(C)CC(C(=O)Oc2c(I)cc(I)cc2I)C(C(=O)OC(CS(=O)(=O)O)C(F)(F)F)C1. The van der Waals surface area contributed by atoms with E-state index in [1.165, 1.54) is 0 Å². The third-order valence-corrected chi connectivity index (χ3v) is 7.74. The van der Waals surface area contributed by atoms with Crippen LogP contribution in [-0.4, -0.2) is 42.9 Å². The first kappa shape index (κ1) is 28.3. The van der Waals surface area contributed by atoms with E-state index in [0.29, 0.717) is 7.14 Å². The third kappa shape index (κ3) is 7.79. The van der Waals surface area contributed by atoms with Crippen molar-refractivity contribution in [3.05, 3.63) is 22.8 Å². The van der Waals surface area contributed by atoms with Crippen molar-refractivity contribution in [2.75, 3.05) is 5.75 Å². The highest BCUT2D eigenvalue weighted by Gasteiger charge is 2.51. The fourth-order valence-electron chi connectivity index (χ4n) is 3.47. The maximum absolute atomic E-state index is 13.2. The molecule has 0 radical (unpaired) electrons. The summed E-state index contributed by atoms with van der Waals surface area (Å²) in [5.74, 6) is -6.03. The molecule has 14 heteroatoms. The number of benzene rings is 1. The summed E-state index contributed by atoms with van der Waals surface area (Å²) in [7, 11) is -5.07. The van der Waals surface area contributed by atoms with E-state index in [1.807, 2.05) is 45.2 Å². The van der Waals surface area contributed by atoms with Crippen molar-refractivity contribution in [2.24, 2.45) is 17.3 Å². The fraction of sp³-hybridized carbons (Fsp3) is 0.556. The van der Waals surface area contributed by atoms with Gasteiger partial charge >= 0.3 is 18.1 Å². The Morgan fingerprint density at radius 1 is 1.12 bits per heavy atom. The van der Waals surface area contributed by atoms with E-state index in [-0.39, 0.29) is 18.6 Å². The molecule has 1 aliphatic carbocycles. The van der Waals surface area contributed by atoms with Crippen LogP contribution in [0.25, 0.3) is 0 Å². The van der Waals surface area contributed by atoms with Crippen molar-refractivity contribution in [3.63, 3.8) is 0 Å². The molecule has 0 bridgehead atoms. The van der Waals surface area contributed by atoms with Gasteiger partial charge in [0, 0.05) is 3.57 Å². The average molecular weight is 816 g/mol. The zero-order valence-electron chi connectivity index (χ0n) is 16.6. The maximum atomic E-state index is 13.2. The summed E-state index contributed by atoms with van der Waals surface area (Å²) in [6.07, 6.45) is -8.06. The van der Waals surface area contributed by atoms with Gasteiger partial charge in [-0.1, -0.05) is 13.8 Å². The number of hydrogen-bond donors (Lipinski definition) is 1. The van der Waals surface area contributed by atoms with Gasteiger partial charge < -0.3 is 9.47 Å². The topological polar surface area (TPSA) is 107 Å². The summed E-state index contributed by atoms with van der Waals surface area (Å²) in [5, 5.41) is 0. The van der Waals surface area contributed by atoms with Crippen LogP contribution in [0.1, 0.15) is 26.7 Å². The van der Waals surface area contributed by atoms with Crippen LogP contribution in [-0.2, 0) is 24.4 Å². The molecule has 0 saturated heterocycles. The van der Waals surface area contributed by atoms with Crippen molar-refractivity contribution >= 4 is 89.8 Å². The molecule has 32 heavy (non-hydrogen) atoms. The van der Waals surface area contributed by atoms with Crippen LogP contribution in [0.3, 0.4) is 0 Å². The molecule has 1 fully saturated rings. The predicted molar refractivity (Wildman–Crippen MR) is 133 cm³/mol. The summed E-state index contributed by atoms with van der Waals surface area (Å²) in [6.45, 7) is 3.50. The lowest BCUT2D eigenvalue weighted by Gasteiger charge is -2.23. The molecular formula is C18H18F3I3O7S. The second kappa shape index (κ2) is 10.3. The molecule has 1 aromatic rings. The molecule has 2 rings (SSSR count). The smallest absolute Gasteiger partial charge is 0.426 e. The Morgan fingerprint density at radius 2 is 1.59 bits per heavy atom. The Balaban J connectivity index is 2.27. The summed E-state index contributed by atoms with van der Waals surface area (Å²) in [6, 6.07) is 3.55. The zero-order chi connectivity index (χ0) is 24.6. The summed E-state index contributed by atoms with van der Waals surface area (Å²) < 4.78 is 82.4. The van der Waals surface area contributed by atoms with Crippen LogP contribution in [0, 0.1) is 28.0 Å². The van der Waals surface area contributed by atoms with Crippen molar-refractivity contribution in [3.8, 4) is 5.75 Å². The van der Waals surface area contributed by atoms with Crippen molar-refractivity contribution in [2.45, 2.75) is 39.0 Å². The molecule has 1 aliphatic rings. The number of carbonyl (C=O) groups excluding carboxylic acids is 2. The van der Waals surface area contributed by atoms with Crippen molar-refractivity contribution < 1.29 is 45.2 Å². The van der Waals surface area contributed by atoms with Gasteiger partial charge in [-0.15, -0.1) is 0 Å². The van der Waals surface area contributed by atoms with Gasteiger partial charge in [0.25, 0.3) is 10.1 Å². The Morgan fingerprint density at radius 3 is 2.03 bits per heavy atom. The Bertz CT molecular complexity index is 989. The molecule has 0 spiro atoms. The van der Waals surface area contributed by atoms with Crippen LogP contribution in [0.15, 0.2) is 12.1 Å². The van der Waals surface area contributed by atoms with Gasteiger partial charge in [0.2, 0.25) is 6.10 Å². The quantitative estimate of drug-likeness (QED) is 0.190. The second-order valence-corrected chi connectivity index (χ2v) is 13.2. The average Bonchev–Trinajstić information content (AvgIpc) is 2.91. The number of esters is 2. The van der Waals surface area contributed by atoms with Crippen LogP contribution >= 0.6 is 67.8 Å². The number of ether oxygens (including phenoxy) is 2. The van der Waals surface area contributed by atoms with E-state index in [4.69, 9.17) is 9.29 Å². The van der Waals surface area contributed by atoms with Crippen LogP contribution in [0.2, 0.25) is 0 Å². The standard InChI is InChI=1S/C18H18F3I3O7S/c1-17(2)5-9(15(25)30-13(18(19,20)21)7-32(27,28)29)10(6-17)16(26)31-14-11(23)3-8(22)4-12(14)24/h3-4,9-10,13H,5-7H2,1-2H3,(H,27,28,29). The van der Waals surface area contributed by atoms with E-state index in [1.54, 1.807) is 26.0 Å². The van der Waals surface area contributed by atoms with Gasteiger partial charge in [0.15, 0.2) is 5.75 Å². The van der Waals surface area contributed by atoms with Crippen LogP contribution < -0.4 is 4.74 Å². The highest BCUT2D eigenvalue weighted by atomic mass is 127. The minimum Gasteiger partial charge on any atom is -0.451 e. The first-order valence-electron chi connectivity index (χ1n) is 8.98. The summed E-state index contributed by atoms with van der Waals surface area (Å²) in [4.78, 5) is 25.5. The lowest BCUT2D eigenvalue weighted by molar-refractivity contribution is -0.218. The van der Waals surface area contributed by atoms with Gasteiger partial charge in [-0.25, -0.2) is 0 Å². The molecule has 0 aromatic heterocycles. The Kier molecular flexibility index (Phi) is 9.15. The minimum absolute atomic E-state index is 0.0446. The van der Waals surface area contributed by atoms with Crippen LogP contribution in [0.4, 0.5) is 13.2 Å². The van der Waals surface area contributed by atoms with Gasteiger partial charge in [-0.2, -0.15) is 21.6 Å². The lowest BCUT2D eigenvalue weighted by atomic mass is 9.90. The highest BCUT2D eigenvalue weighted by molar-refractivity contribution is 14.1. The highest BCUT2D eigenvalue weighted by Crippen LogP contribution is 2.47. The fourth-order valence-corrected chi connectivity index (χ4v) is 7.91. The first-order chi connectivity index (χ1) is 14.4. The van der Waals surface area contributed by atoms with Gasteiger partial charge in [-0.05, 0) is 98.2 Å². The molecule has 7 nitrogen and oxygen atoms in total. The van der Waals surface area contributed by atoms with E-state index < -0.39 is 57.3 Å². The summed E-state index contributed by atoms with van der Waals surface area (Å²) >= 11 is 6.07. The largest absolute Gasteiger partial charge is 0.451 e. The summed E-state index contributed by atoms with van der Waals surface area (Å²) in [5.41, 5.74) is -0.573. The molecule has 1 saturated carbocycles. The second-order valence-electron chi connectivity index (χ2n) is 8.12. The van der Waals surface area contributed by atoms with Gasteiger partial charge in [0.05, 0.1) is 19.0 Å². The first-order valence-corrected chi connectivity index (χ1v) is 13.8. The lowest BCUT2D eigenvalue weighted by Crippen LogP contribution is -2.42. The Hall–Kier alpha value is 0.0500. The number of rotatable bonds is 6. The third-order valence-electron chi connectivity index (χ3n) is 4.79. The van der Waals surface area contributed by atoms with E-state index in [2.05, 4.69) is 27.3 Å². The van der Waals surface area contributed by atoms with Gasteiger partial charge in [0.1, 0.15) is 5.75 Å². The van der Waals surface area contributed by atoms with Crippen molar-refractivity contribution in [1.29, 1.82) is 0 Å². The van der Waals surface area contributed by atoms with E-state index in [0.717, 1.165) is 3.57 Å². The zero-order valence-corrected chi connectivity index (χ0v) is 23.9. The molecule has 1 N–H and O–H groups in total. The maximum Gasteiger partial charge on any atom is 0.426 e. The molecule has 0 aliphatic heterocycles. The van der Waals surface area contributed by atoms with Gasteiger partial charge in [-0.3, -0.25) is 14.1 Å². The molecule has 3 unspecified atom stereocenters. The Labute approximate surface area is 223 Å². The molecular weight excluding hydrogens is 798 g/mol. The molecule has 1 aromatic carbocycles. The predicted octanol–water partition coefficient (Wildman–Crippen LogP) is 4.82. The molecule has 0 amide bonds. The minimum atomic E-state index is -5.22. The molecule has 0 heterocycles. The number of halogens is 6. The number of hydrogen-bond acceptors (Lipinski definition) is 6. The monoisotopic (exact) mass is 816 g/mol. The van der Waals surface area contributed by atoms with E-state index >= 15 is 0 Å². The van der Waals surface area contributed by atoms with Crippen molar-refractivity contribution in [1.82, 2.24) is 0 Å². The normalized spacial score (nSPS) is 21.8.